The van der Waals surface area contributed by atoms with Crippen molar-refractivity contribution in [2.24, 2.45) is 0 Å². The first-order chi connectivity index (χ1) is 11.3. The number of carbonyl (C=O) groups is 1. The highest BCUT2D eigenvalue weighted by Crippen LogP contribution is 2.15. The van der Waals surface area contributed by atoms with Gasteiger partial charge in [0.1, 0.15) is 5.52 Å². The molecule has 0 radical (unpaired) electrons. The molecule has 1 aromatic heterocycles. The lowest BCUT2D eigenvalue weighted by atomic mass is 10.2. The van der Waals surface area contributed by atoms with Gasteiger partial charge >= 0.3 is 0 Å². The standard InChI is InChI=1S/C17H18N4O2/c1-23-10-9-18-17(22)14-7-8-16-15(11-14)19-20-21(16)12-13-5-3-2-4-6-13/h2-8,11H,9-10,12H2,1H3,(H,18,22). The summed E-state index contributed by atoms with van der Waals surface area (Å²) in [5.41, 5.74) is 3.34. The SMILES string of the molecule is COCCNC(=O)c1ccc2c(c1)nnn2Cc1ccccc1. The maximum absolute atomic E-state index is 12.0. The van der Waals surface area contributed by atoms with Gasteiger partial charge in [0.25, 0.3) is 5.91 Å². The number of ether oxygens (including phenoxy) is 1. The Morgan fingerprint density at radius 1 is 1.22 bits per heavy atom. The van der Waals surface area contributed by atoms with Crippen LogP contribution in [-0.4, -0.2) is 41.2 Å². The molecular weight excluding hydrogens is 292 g/mol. The van der Waals surface area contributed by atoms with Crippen LogP contribution >= 0.6 is 0 Å². The van der Waals surface area contributed by atoms with Gasteiger partial charge < -0.3 is 10.1 Å². The van der Waals surface area contributed by atoms with Crippen molar-refractivity contribution in [2.45, 2.75) is 6.54 Å². The minimum absolute atomic E-state index is 0.137. The van der Waals surface area contributed by atoms with Crippen LogP contribution in [0.25, 0.3) is 11.0 Å². The summed E-state index contributed by atoms with van der Waals surface area (Å²) in [4.78, 5) is 12.0. The highest BCUT2D eigenvalue weighted by atomic mass is 16.5. The summed E-state index contributed by atoms with van der Waals surface area (Å²) in [5, 5.41) is 11.1. The number of fused-ring (bicyclic) bond motifs is 1. The van der Waals surface area contributed by atoms with Gasteiger partial charge in [-0.05, 0) is 23.8 Å². The van der Waals surface area contributed by atoms with Gasteiger partial charge in [0.05, 0.1) is 18.7 Å². The molecule has 23 heavy (non-hydrogen) atoms. The molecule has 0 atom stereocenters. The summed E-state index contributed by atoms with van der Waals surface area (Å²) in [6.07, 6.45) is 0. The fraction of sp³-hybridized carbons (Fsp3) is 0.235. The Hall–Kier alpha value is -2.73. The summed E-state index contributed by atoms with van der Waals surface area (Å²) in [7, 11) is 1.60. The van der Waals surface area contributed by atoms with Crippen LogP contribution in [0.15, 0.2) is 48.5 Å². The maximum atomic E-state index is 12.0. The minimum atomic E-state index is -0.137. The second kappa shape index (κ2) is 7.02. The smallest absolute Gasteiger partial charge is 0.251 e. The summed E-state index contributed by atoms with van der Waals surface area (Å²) < 4.78 is 6.75. The molecule has 3 rings (SSSR count). The molecule has 0 fully saturated rings. The minimum Gasteiger partial charge on any atom is -0.383 e. The van der Waals surface area contributed by atoms with Gasteiger partial charge in [0, 0.05) is 19.2 Å². The maximum Gasteiger partial charge on any atom is 0.251 e. The van der Waals surface area contributed by atoms with Gasteiger partial charge in [-0.15, -0.1) is 5.10 Å². The first-order valence-electron chi connectivity index (χ1n) is 7.42. The Morgan fingerprint density at radius 2 is 2.04 bits per heavy atom. The third-order valence-corrected chi connectivity index (χ3v) is 3.54. The van der Waals surface area contributed by atoms with E-state index >= 15 is 0 Å². The van der Waals surface area contributed by atoms with E-state index < -0.39 is 0 Å². The van der Waals surface area contributed by atoms with E-state index in [0.717, 1.165) is 11.1 Å². The van der Waals surface area contributed by atoms with Crippen LogP contribution in [0, 0.1) is 0 Å². The van der Waals surface area contributed by atoms with E-state index in [0.29, 0.717) is 30.8 Å². The zero-order valence-corrected chi connectivity index (χ0v) is 12.9. The molecule has 0 bridgehead atoms. The number of rotatable bonds is 6. The summed E-state index contributed by atoms with van der Waals surface area (Å²) in [5.74, 6) is -0.137. The highest BCUT2D eigenvalue weighted by Gasteiger charge is 2.10. The number of nitrogens with zero attached hydrogens (tertiary/aromatic N) is 3. The summed E-state index contributed by atoms with van der Waals surface area (Å²) in [6.45, 7) is 1.62. The molecule has 0 unspecified atom stereocenters. The van der Waals surface area contributed by atoms with E-state index in [1.807, 2.05) is 41.1 Å². The Labute approximate surface area is 134 Å². The molecule has 0 aliphatic rings. The van der Waals surface area contributed by atoms with E-state index in [9.17, 15) is 4.79 Å². The van der Waals surface area contributed by atoms with Crippen molar-refractivity contribution >= 4 is 16.9 Å². The van der Waals surface area contributed by atoms with E-state index in [4.69, 9.17) is 4.74 Å². The molecule has 1 amide bonds. The highest BCUT2D eigenvalue weighted by molar-refractivity contribution is 5.97. The van der Waals surface area contributed by atoms with Crippen LogP contribution < -0.4 is 5.32 Å². The zero-order chi connectivity index (χ0) is 16.1. The number of amides is 1. The molecule has 118 valence electrons. The molecule has 3 aromatic rings. The topological polar surface area (TPSA) is 69.0 Å². The Balaban J connectivity index is 1.78. The molecule has 0 spiro atoms. The van der Waals surface area contributed by atoms with Crippen molar-refractivity contribution in [3.8, 4) is 0 Å². The monoisotopic (exact) mass is 310 g/mol. The second-order valence-corrected chi connectivity index (χ2v) is 5.18. The first kappa shape index (κ1) is 15.2. The lowest BCUT2D eigenvalue weighted by Gasteiger charge is -2.05. The van der Waals surface area contributed by atoms with E-state index in [2.05, 4.69) is 15.6 Å². The van der Waals surface area contributed by atoms with Gasteiger partial charge in [0.15, 0.2) is 0 Å². The largest absolute Gasteiger partial charge is 0.383 e. The second-order valence-electron chi connectivity index (χ2n) is 5.18. The predicted octanol–water partition coefficient (Wildman–Crippen LogP) is 1.86. The Kier molecular flexibility index (Phi) is 4.63. The first-order valence-corrected chi connectivity index (χ1v) is 7.42. The van der Waals surface area contributed by atoms with Gasteiger partial charge in [-0.1, -0.05) is 35.5 Å². The quantitative estimate of drug-likeness (QED) is 0.706. The lowest BCUT2D eigenvalue weighted by molar-refractivity contribution is 0.0937. The molecule has 0 saturated heterocycles. The molecular formula is C17H18N4O2. The normalized spacial score (nSPS) is 10.8. The predicted molar refractivity (Wildman–Crippen MR) is 87.3 cm³/mol. The van der Waals surface area contributed by atoms with E-state index in [-0.39, 0.29) is 5.91 Å². The average molecular weight is 310 g/mol. The molecule has 6 nitrogen and oxygen atoms in total. The van der Waals surface area contributed by atoms with Crippen LogP contribution in [0.5, 0.6) is 0 Å². The number of methoxy groups -OCH3 is 1. The number of carbonyl (C=O) groups excluding carboxylic acids is 1. The molecule has 1 heterocycles. The van der Waals surface area contributed by atoms with Crippen molar-refractivity contribution < 1.29 is 9.53 Å². The number of hydrogen-bond donors (Lipinski definition) is 1. The molecule has 0 saturated carbocycles. The van der Waals surface area contributed by atoms with Crippen LogP contribution in [0.1, 0.15) is 15.9 Å². The van der Waals surface area contributed by atoms with Crippen LogP contribution in [0.4, 0.5) is 0 Å². The average Bonchev–Trinajstić information content (AvgIpc) is 2.98. The fourth-order valence-corrected chi connectivity index (χ4v) is 2.36. The third kappa shape index (κ3) is 3.54. The van der Waals surface area contributed by atoms with Crippen LogP contribution in [-0.2, 0) is 11.3 Å². The van der Waals surface area contributed by atoms with E-state index in [1.54, 1.807) is 19.2 Å². The summed E-state index contributed by atoms with van der Waals surface area (Å²) in [6, 6.07) is 15.5. The van der Waals surface area contributed by atoms with Crippen LogP contribution in [0.3, 0.4) is 0 Å². The van der Waals surface area contributed by atoms with E-state index in [1.165, 1.54) is 0 Å². The van der Waals surface area contributed by atoms with Gasteiger partial charge in [-0.2, -0.15) is 0 Å². The van der Waals surface area contributed by atoms with Gasteiger partial charge in [-0.25, -0.2) is 4.68 Å². The van der Waals surface area contributed by atoms with Gasteiger partial charge in [0.2, 0.25) is 0 Å². The van der Waals surface area contributed by atoms with Crippen molar-refractivity contribution in [1.82, 2.24) is 20.3 Å². The number of nitrogens with one attached hydrogen (secondary N) is 1. The molecule has 1 N–H and O–H groups in total. The Bertz CT molecular complexity index is 799. The number of aromatic nitrogens is 3. The van der Waals surface area contributed by atoms with Crippen molar-refractivity contribution in [3.63, 3.8) is 0 Å². The van der Waals surface area contributed by atoms with Gasteiger partial charge in [-0.3, -0.25) is 4.79 Å². The lowest BCUT2D eigenvalue weighted by Crippen LogP contribution is -2.26. The number of benzene rings is 2. The third-order valence-electron chi connectivity index (χ3n) is 3.54. The van der Waals surface area contributed by atoms with Crippen molar-refractivity contribution in [2.75, 3.05) is 20.3 Å². The molecule has 0 aliphatic heterocycles. The number of hydrogen-bond acceptors (Lipinski definition) is 4. The van der Waals surface area contributed by atoms with Crippen LogP contribution in [0.2, 0.25) is 0 Å². The van der Waals surface area contributed by atoms with Crippen molar-refractivity contribution in [1.29, 1.82) is 0 Å². The molecule has 2 aromatic carbocycles. The fourth-order valence-electron chi connectivity index (χ4n) is 2.36. The molecule has 0 aliphatic carbocycles. The summed E-state index contributed by atoms with van der Waals surface area (Å²) >= 11 is 0. The molecule has 6 heteroatoms. The van der Waals surface area contributed by atoms with Crippen molar-refractivity contribution in [3.05, 3.63) is 59.7 Å². The zero-order valence-electron chi connectivity index (χ0n) is 12.9. The Morgan fingerprint density at radius 3 is 2.83 bits per heavy atom.